The number of nitrogens with one attached hydrogen (secondary N) is 1. The van der Waals surface area contributed by atoms with Gasteiger partial charge in [0.15, 0.2) is 0 Å². The monoisotopic (exact) mass is 246 g/mol. The van der Waals surface area contributed by atoms with Crippen molar-refractivity contribution in [1.82, 2.24) is 9.03 Å². The van der Waals surface area contributed by atoms with Crippen LogP contribution in [0.1, 0.15) is 32.1 Å². The summed E-state index contributed by atoms with van der Waals surface area (Å²) in [6.07, 6.45) is 5.02. The van der Waals surface area contributed by atoms with Crippen LogP contribution in [0.4, 0.5) is 0 Å². The van der Waals surface area contributed by atoms with E-state index in [2.05, 4.69) is 11.3 Å². The van der Waals surface area contributed by atoms with Crippen molar-refractivity contribution in [2.45, 2.75) is 32.1 Å². The van der Waals surface area contributed by atoms with Gasteiger partial charge < -0.3 is 0 Å². The first-order valence-corrected chi connectivity index (χ1v) is 6.92. The predicted molar refractivity (Wildman–Crippen MR) is 61.9 cm³/mol. The van der Waals surface area contributed by atoms with Gasteiger partial charge in [0.2, 0.25) is 5.91 Å². The third-order valence-corrected chi connectivity index (χ3v) is 4.00. The zero-order valence-corrected chi connectivity index (χ0v) is 10.1. The fourth-order valence-electron chi connectivity index (χ4n) is 1.60. The van der Waals surface area contributed by atoms with Gasteiger partial charge in [-0.15, -0.1) is 6.58 Å². The number of amides is 1. The number of hydrogen-bond donors (Lipinski definition) is 1. The van der Waals surface area contributed by atoms with Gasteiger partial charge in [-0.2, -0.15) is 12.7 Å². The maximum atomic E-state index is 11.7. The van der Waals surface area contributed by atoms with Gasteiger partial charge in [0, 0.05) is 19.5 Å². The number of carbonyl (C=O) groups is 1. The Hall–Kier alpha value is -0.880. The van der Waals surface area contributed by atoms with Crippen LogP contribution in [-0.4, -0.2) is 31.7 Å². The molecule has 0 spiro atoms. The molecule has 0 bridgehead atoms. The van der Waals surface area contributed by atoms with Crippen molar-refractivity contribution < 1.29 is 13.2 Å². The zero-order valence-electron chi connectivity index (χ0n) is 9.31. The number of carbonyl (C=O) groups excluding carboxylic acids is 1. The highest BCUT2D eigenvalue weighted by Gasteiger charge is 2.25. The number of nitrogens with zero attached hydrogens (tertiary/aromatic N) is 1. The van der Waals surface area contributed by atoms with Crippen molar-refractivity contribution in [3.05, 3.63) is 12.7 Å². The van der Waals surface area contributed by atoms with Crippen molar-refractivity contribution in [3.63, 3.8) is 0 Å². The molecule has 0 aliphatic carbocycles. The second-order valence-electron chi connectivity index (χ2n) is 3.82. The first-order valence-electron chi connectivity index (χ1n) is 5.48. The molecular weight excluding hydrogens is 228 g/mol. The Kier molecular flexibility index (Phi) is 4.95. The van der Waals surface area contributed by atoms with Crippen molar-refractivity contribution >= 4 is 16.1 Å². The molecule has 5 nitrogen and oxygen atoms in total. The van der Waals surface area contributed by atoms with Crippen LogP contribution in [-0.2, 0) is 15.0 Å². The minimum Gasteiger partial charge on any atom is -0.274 e. The van der Waals surface area contributed by atoms with Gasteiger partial charge in [0.1, 0.15) is 0 Å². The molecule has 0 aromatic heterocycles. The predicted octanol–water partition coefficient (Wildman–Crippen LogP) is 0.799. The summed E-state index contributed by atoms with van der Waals surface area (Å²) in [4.78, 5) is 11.3. The quantitative estimate of drug-likeness (QED) is 0.730. The third kappa shape index (κ3) is 3.94. The minimum absolute atomic E-state index is 0.163. The summed E-state index contributed by atoms with van der Waals surface area (Å²) in [6, 6.07) is 0. The van der Waals surface area contributed by atoms with Crippen LogP contribution in [0.2, 0.25) is 0 Å². The van der Waals surface area contributed by atoms with E-state index in [1.54, 1.807) is 6.08 Å². The smallest absolute Gasteiger partial charge is 0.274 e. The Morgan fingerprint density at radius 2 is 1.94 bits per heavy atom. The molecule has 16 heavy (non-hydrogen) atoms. The minimum atomic E-state index is -3.61. The molecule has 1 saturated heterocycles. The maximum Gasteiger partial charge on any atom is 0.303 e. The Balaban J connectivity index is 2.49. The summed E-state index contributed by atoms with van der Waals surface area (Å²) < 4.78 is 26.9. The van der Waals surface area contributed by atoms with E-state index in [0.29, 0.717) is 19.5 Å². The maximum absolute atomic E-state index is 11.7. The van der Waals surface area contributed by atoms with Crippen LogP contribution < -0.4 is 4.72 Å². The molecule has 1 aliphatic heterocycles. The third-order valence-electron chi connectivity index (χ3n) is 2.47. The van der Waals surface area contributed by atoms with Gasteiger partial charge in [0.25, 0.3) is 0 Å². The highest BCUT2D eigenvalue weighted by atomic mass is 32.2. The van der Waals surface area contributed by atoms with Crippen LogP contribution >= 0.6 is 0 Å². The molecule has 6 heteroatoms. The van der Waals surface area contributed by atoms with Crippen molar-refractivity contribution in [2.75, 3.05) is 13.1 Å². The molecule has 0 atom stereocenters. The normalized spacial score (nSPS) is 18.0. The highest BCUT2D eigenvalue weighted by Crippen LogP contribution is 2.11. The van der Waals surface area contributed by atoms with Crippen LogP contribution in [0.15, 0.2) is 12.7 Å². The molecule has 1 N–H and O–H groups in total. The van der Waals surface area contributed by atoms with Gasteiger partial charge in [-0.25, -0.2) is 4.72 Å². The van der Waals surface area contributed by atoms with Gasteiger partial charge in [-0.05, 0) is 19.3 Å². The summed E-state index contributed by atoms with van der Waals surface area (Å²) in [5, 5.41) is 0. The molecule has 1 amide bonds. The second-order valence-corrected chi connectivity index (χ2v) is 5.49. The van der Waals surface area contributed by atoms with E-state index in [1.165, 1.54) is 4.31 Å². The lowest BCUT2D eigenvalue weighted by Gasteiger charge is -2.25. The van der Waals surface area contributed by atoms with E-state index in [9.17, 15) is 13.2 Å². The lowest BCUT2D eigenvalue weighted by atomic mass is 10.2. The molecule has 0 aromatic carbocycles. The molecular formula is C10H18N2O3S. The summed E-state index contributed by atoms with van der Waals surface area (Å²) in [5.41, 5.74) is 0. The van der Waals surface area contributed by atoms with Crippen molar-refractivity contribution in [2.24, 2.45) is 0 Å². The lowest BCUT2D eigenvalue weighted by Crippen LogP contribution is -2.45. The summed E-state index contributed by atoms with van der Waals surface area (Å²) in [5.74, 6) is -0.467. The summed E-state index contributed by atoms with van der Waals surface area (Å²) in [7, 11) is -3.61. The molecule has 0 radical (unpaired) electrons. The van der Waals surface area contributed by atoms with Crippen LogP contribution in [0, 0.1) is 0 Å². The van der Waals surface area contributed by atoms with E-state index in [0.717, 1.165) is 19.3 Å². The molecule has 1 aliphatic rings. The Labute approximate surface area is 96.7 Å². The van der Waals surface area contributed by atoms with E-state index in [4.69, 9.17) is 0 Å². The molecule has 92 valence electrons. The second kappa shape index (κ2) is 6.00. The zero-order chi connectivity index (χ0) is 12.0. The molecule has 1 heterocycles. The standard InChI is InChI=1S/C10H18N2O3S/c1-2-3-7-10(13)11-16(14,15)12-8-5-4-6-9-12/h2H,1,3-9H2,(H,11,13). The van der Waals surface area contributed by atoms with Crippen molar-refractivity contribution in [3.8, 4) is 0 Å². The molecule has 0 aromatic rings. The molecule has 0 unspecified atom stereocenters. The summed E-state index contributed by atoms with van der Waals surface area (Å²) >= 11 is 0. The van der Waals surface area contributed by atoms with E-state index in [-0.39, 0.29) is 6.42 Å². The number of hydrogen-bond acceptors (Lipinski definition) is 3. The Morgan fingerprint density at radius 3 is 2.50 bits per heavy atom. The highest BCUT2D eigenvalue weighted by molar-refractivity contribution is 7.87. The average molecular weight is 246 g/mol. The molecule has 1 fully saturated rings. The lowest BCUT2D eigenvalue weighted by molar-refractivity contribution is -0.119. The first-order chi connectivity index (χ1) is 7.56. The average Bonchev–Trinajstić information content (AvgIpc) is 2.27. The van der Waals surface area contributed by atoms with Gasteiger partial charge in [0.05, 0.1) is 0 Å². The van der Waals surface area contributed by atoms with Crippen LogP contribution in [0.25, 0.3) is 0 Å². The number of piperidine rings is 1. The largest absolute Gasteiger partial charge is 0.303 e. The van der Waals surface area contributed by atoms with Gasteiger partial charge >= 0.3 is 10.2 Å². The fourth-order valence-corrected chi connectivity index (χ4v) is 2.86. The number of allylic oxidation sites excluding steroid dienone is 1. The Morgan fingerprint density at radius 1 is 1.31 bits per heavy atom. The van der Waals surface area contributed by atoms with E-state index < -0.39 is 16.1 Å². The van der Waals surface area contributed by atoms with Crippen molar-refractivity contribution in [1.29, 1.82) is 0 Å². The van der Waals surface area contributed by atoms with E-state index >= 15 is 0 Å². The van der Waals surface area contributed by atoms with Gasteiger partial charge in [-0.3, -0.25) is 4.79 Å². The Bertz CT molecular complexity index is 345. The van der Waals surface area contributed by atoms with Gasteiger partial charge in [-0.1, -0.05) is 12.5 Å². The first kappa shape index (κ1) is 13.2. The SMILES string of the molecule is C=CCCC(=O)NS(=O)(=O)N1CCCCC1. The number of rotatable bonds is 5. The fraction of sp³-hybridized carbons (Fsp3) is 0.700. The van der Waals surface area contributed by atoms with Crippen LogP contribution in [0.5, 0.6) is 0 Å². The molecule has 1 rings (SSSR count). The van der Waals surface area contributed by atoms with Crippen LogP contribution in [0.3, 0.4) is 0 Å². The molecule has 0 saturated carbocycles. The van der Waals surface area contributed by atoms with E-state index in [1.807, 2.05) is 0 Å². The summed E-state index contributed by atoms with van der Waals surface area (Å²) in [6.45, 7) is 4.49. The topological polar surface area (TPSA) is 66.5 Å².